The highest BCUT2D eigenvalue weighted by Gasteiger charge is 2.49. The Bertz CT molecular complexity index is 499. The number of nitrogens with two attached hydrogens (primary N) is 1. The lowest BCUT2D eigenvalue weighted by atomic mass is 9.64. The lowest BCUT2D eigenvalue weighted by Gasteiger charge is -2.51. The topological polar surface area (TPSA) is 84.6 Å². The maximum atomic E-state index is 12.1. The average molecular weight is 264 g/mol. The predicted octanol–water partition coefficient (Wildman–Crippen LogP) is 1.52. The van der Waals surface area contributed by atoms with Crippen molar-refractivity contribution in [3.8, 4) is 5.75 Å². The molecule has 0 spiro atoms. The standard InChI is InChI=1S/C14H20N2O3/c1-14(2)10(7-11(14)19-3)16-13(18)8-5-4-6-9(15)12(8)17/h4-6,10-11,17H,7,15H2,1-3H3,(H,16,18). The van der Waals surface area contributed by atoms with Gasteiger partial charge in [-0.15, -0.1) is 0 Å². The van der Waals surface area contributed by atoms with Gasteiger partial charge in [-0.1, -0.05) is 19.9 Å². The molecule has 1 saturated carbocycles. The lowest BCUT2D eigenvalue weighted by molar-refractivity contribution is -0.0942. The molecule has 0 aromatic heterocycles. The molecule has 5 heteroatoms. The van der Waals surface area contributed by atoms with E-state index in [9.17, 15) is 9.90 Å². The van der Waals surface area contributed by atoms with E-state index in [1.165, 1.54) is 0 Å². The number of amides is 1. The maximum absolute atomic E-state index is 12.1. The summed E-state index contributed by atoms with van der Waals surface area (Å²) < 4.78 is 5.34. The summed E-state index contributed by atoms with van der Waals surface area (Å²) >= 11 is 0. The molecule has 0 radical (unpaired) electrons. The molecule has 104 valence electrons. The first-order valence-electron chi connectivity index (χ1n) is 6.29. The van der Waals surface area contributed by atoms with E-state index in [1.54, 1.807) is 25.3 Å². The van der Waals surface area contributed by atoms with Crippen molar-refractivity contribution < 1.29 is 14.6 Å². The van der Waals surface area contributed by atoms with Gasteiger partial charge in [-0.2, -0.15) is 0 Å². The number of carbonyl (C=O) groups is 1. The van der Waals surface area contributed by atoms with Crippen molar-refractivity contribution in [2.24, 2.45) is 5.41 Å². The zero-order valence-electron chi connectivity index (χ0n) is 11.4. The first kappa shape index (κ1) is 13.7. The zero-order chi connectivity index (χ0) is 14.2. The summed E-state index contributed by atoms with van der Waals surface area (Å²) in [6, 6.07) is 4.79. The Morgan fingerprint density at radius 3 is 2.79 bits per heavy atom. The van der Waals surface area contributed by atoms with Gasteiger partial charge < -0.3 is 20.9 Å². The van der Waals surface area contributed by atoms with Gasteiger partial charge >= 0.3 is 0 Å². The summed E-state index contributed by atoms with van der Waals surface area (Å²) in [5, 5.41) is 12.7. The van der Waals surface area contributed by atoms with E-state index in [-0.39, 0.29) is 40.5 Å². The molecule has 0 bridgehead atoms. The van der Waals surface area contributed by atoms with Crippen molar-refractivity contribution in [2.45, 2.75) is 32.4 Å². The minimum atomic E-state index is -0.308. The summed E-state index contributed by atoms with van der Waals surface area (Å²) in [5.41, 5.74) is 5.88. The van der Waals surface area contributed by atoms with Crippen molar-refractivity contribution in [3.63, 3.8) is 0 Å². The van der Waals surface area contributed by atoms with Crippen molar-refractivity contribution >= 4 is 11.6 Å². The van der Waals surface area contributed by atoms with Gasteiger partial charge in [-0.05, 0) is 18.6 Å². The minimum absolute atomic E-state index is 0.0331. The number of anilines is 1. The van der Waals surface area contributed by atoms with E-state index < -0.39 is 0 Å². The molecule has 2 atom stereocenters. The average Bonchev–Trinajstić information content (AvgIpc) is 2.37. The smallest absolute Gasteiger partial charge is 0.255 e. The molecule has 1 fully saturated rings. The highest BCUT2D eigenvalue weighted by Crippen LogP contribution is 2.42. The van der Waals surface area contributed by atoms with Gasteiger partial charge in [-0.3, -0.25) is 4.79 Å². The highest BCUT2D eigenvalue weighted by molar-refractivity contribution is 5.98. The molecule has 1 aliphatic rings. The molecule has 5 nitrogen and oxygen atoms in total. The third-order valence-electron chi connectivity index (χ3n) is 4.08. The molecular weight excluding hydrogens is 244 g/mol. The molecule has 19 heavy (non-hydrogen) atoms. The first-order valence-corrected chi connectivity index (χ1v) is 6.29. The van der Waals surface area contributed by atoms with E-state index in [1.807, 2.05) is 0 Å². The van der Waals surface area contributed by atoms with Crippen molar-refractivity contribution in [1.29, 1.82) is 0 Å². The van der Waals surface area contributed by atoms with Gasteiger partial charge in [0, 0.05) is 18.6 Å². The van der Waals surface area contributed by atoms with Crippen LogP contribution in [0.5, 0.6) is 5.75 Å². The fourth-order valence-corrected chi connectivity index (χ4v) is 2.51. The van der Waals surface area contributed by atoms with Gasteiger partial charge in [0.05, 0.1) is 17.4 Å². The summed E-state index contributed by atoms with van der Waals surface area (Å²) in [7, 11) is 1.67. The second kappa shape index (κ2) is 4.74. The summed E-state index contributed by atoms with van der Waals surface area (Å²) in [6.45, 7) is 4.10. The summed E-state index contributed by atoms with van der Waals surface area (Å²) in [5.74, 6) is -0.474. The minimum Gasteiger partial charge on any atom is -0.505 e. The lowest BCUT2D eigenvalue weighted by Crippen LogP contribution is -2.61. The molecule has 2 rings (SSSR count). The van der Waals surface area contributed by atoms with Crippen LogP contribution in [0.15, 0.2) is 18.2 Å². The van der Waals surface area contributed by atoms with Crippen molar-refractivity contribution in [3.05, 3.63) is 23.8 Å². The number of hydrogen-bond donors (Lipinski definition) is 3. The van der Waals surface area contributed by atoms with Crippen LogP contribution in [0.25, 0.3) is 0 Å². The number of nitrogen functional groups attached to an aromatic ring is 1. The van der Waals surface area contributed by atoms with Gasteiger partial charge in [0.25, 0.3) is 5.91 Å². The van der Waals surface area contributed by atoms with Gasteiger partial charge in [0.1, 0.15) is 0 Å². The Morgan fingerprint density at radius 2 is 2.21 bits per heavy atom. The number of benzene rings is 1. The predicted molar refractivity (Wildman–Crippen MR) is 73.0 cm³/mol. The molecule has 1 amide bonds. The van der Waals surface area contributed by atoms with Gasteiger partial charge in [0.2, 0.25) is 0 Å². The van der Waals surface area contributed by atoms with Crippen LogP contribution in [0.3, 0.4) is 0 Å². The highest BCUT2D eigenvalue weighted by atomic mass is 16.5. The number of hydrogen-bond acceptors (Lipinski definition) is 4. The van der Waals surface area contributed by atoms with Crippen LogP contribution in [0.4, 0.5) is 5.69 Å². The Balaban J connectivity index is 2.09. The number of methoxy groups -OCH3 is 1. The SMILES string of the molecule is COC1CC(NC(=O)c2cccc(N)c2O)C1(C)C. The van der Waals surface area contributed by atoms with Crippen LogP contribution >= 0.6 is 0 Å². The molecule has 1 aliphatic carbocycles. The van der Waals surface area contributed by atoms with E-state index in [2.05, 4.69) is 19.2 Å². The quantitative estimate of drug-likeness (QED) is 0.571. The fraction of sp³-hybridized carbons (Fsp3) is 0.500. The molecule has 0 heterocycles. The molecule has 2 unspecified atom stereocenters. The molecule has 4 N–H and O–H groups in total. The van der Waals surface area contributed by atoms with E-state index in [0.717, 1.165) is 6.42 Å². The van der Waals surface area contributed by atoms with Crippen LogP contribution in [-0.4, -0.2) is 30.3 Å². The first-order chi connectivity index (χ1) is 8.87. The number of aromatic hydroxyl groups is 1. The zero-order valence-corrected chi connectivity index (χ0v) is 11.4. The number of ether oxygens (including phenoxy) is 1. The fourth-order valence-electron chi connectivity index (χ4n) is 2.51. The van der Waals surface area contributed by atoms with Crippen LogP contribution in [0.2, 0.25) is 0 Å². The van der Waals surface area contributed by atoms with Crippen molar-refractivity contribution in [2.75, 3.05) is 12.8 Å². The van der Waals surface area contributed by atoms with E-state index in [0.29, 0.717) is 0 Å². The molecule has 1 aromatic rings. The van der Waals surface area contributed by atoms with E-state index in [4.69, 9.17) is 10.5 Å². The second-order valence-corrected chi connectivity index (χ2v) is 5.55. The Labute approximate surface area is 112 Å². The van der Waals surface area contributed by atoms with Crippen LogP contribution < -0.4 is 11.1 Å². The Morgan fingerprint density at radius 1 is 1.53 bits per heavy atom. The molecule has 0 aliphatic heterocycles. The molecule has 1 aromatic carbocycles. The maximum Gasteiger partial charge on any atom is 0.255 e. The number of para-hydroxylation sites is 1. The number of carbonyl (C=O) groups excluding carboxylic acids is 1. The van der Waals surface area contributed by atoms with Crippen LogP contribution in [0, 0.1) is 5.41 Å². The Kier molecular flexibility index (Phi) is 3.41. The normalized spacial score (nSPS) is 24.6. The summed E-state index contributed by atoms with van der Waals surface area (Å²) in [4.78, 5) is 12.1. The number of phenolic OH excluding ortho intramolecular Hbond substituents is 1. The monoisotopic (exact) mass is 264 g/mol. The largest absolute Gasteiger partial charge is 0.505 e. The van der Waals surface area contributed by atoms with Crippen LogP contribution in [-0.2, 0) is 4.74 Å². The number of phenols is 1. The molecular formula is C14H20N2O3. The molecule has 0 saturated heterocycles. The van der Waals surface area contributed by atoms with Crippen molar-refractivity contribution in [1.82, 2.24) is 5.32 Å². The third kappa shape index (κ3) is 2.26. The van der Waals surface area contributed by atoms with E-state index >= 15 is 0 Å². The Hall–Kier alpha value is -1.75. The van der Waals surface area contributed by atoms with Crippen LogP contribution in [0.1, 0.15) is 30.6 Å². The summed E-state index contributed by atoms with van der Waals surface area (Å²) in [6.07, 6.45) is 0.922. The number of nitrogens with one attached hydrogen (secondary N) is 1. The van der Waals surface area contributed by atoms with Gasteiger partial charge in [0.15, 0.2) is 5.75 Å². The second-order valence-electron chi connectivity index (χ2n) is 5.55. The third-order valence-corrected chi connectivity index (χ3v) is 4.08. The van der Waals surface area contributed by atoms with Gasteiger partial charge in [-0.25, -0.2) is 0 Å². The number of rotatable bonds is 3.